The second-order valence-electron chi connectivity index (χ2n) is 24.5. The lowest BCUT2D eigenvalue weighted by Crippen LogP contribution is -2.45. The summed E-state index contributed by atoms with van der Waals surface area (Å²) in [7, 11) is 1.57. The molecule has 1 amide bonds. The molecule has 9 heteroatoms. The molecule has 0 aliphatic rings. The summed E-state index contributed by atoms with van der Waals surface area (Å²) in [5, 5.41) is 14.0. The van der Waals surface area contributed by atoms with Crippen LogP contribution < -0.4 is 5.32 Å². The first-order valence-electron chi connectivity index (χ1n) is 34.0. The number of aliphatic hydroxyl groups excluding tert-OH is 1. The Balaban J connectivity index is 4.11. The van der Waals surface area contributed by atoms with Crippen molar-refractivity contribution < 1.29 is 32.9 Å². The number of amides is 1. The highest BCUT2D eigenvalue weighted by Crippen LogP contribution is 2.43. The first-order valence-corrected chi connectivity index (χ1v) is 35.5. The smallest absolute Gasteiger partial charge is 0.387 e. The minimum absolute atomic E-state index is 0.0568. The van der Waals surface area contributed by atoms with Gasteiger partial charge in [-0.1, -0.05) is 313 Å². The lowest BCUT2D eigenvalue weighted by Gasteiger charge is -2.25. The molecule has 0 radical (unpaired) electrons. The molecule has 0 aromatic rings. The standard InChI is InChI=1S/C69H133N2O6P/c1-6-8-10-12-14-16-18-20-22-24-26-28-30-32-34-35-37-39-41-43-45-47-49-51-53-55-57-59-61-63-69(73)70-67(66-77-78(74,75)76-65-64-71(3,4)5)68(72)62-60-58-56-54-52-50-48-46-44-42-40-38-36-33-31-29-27-25-23-21-19-17-15-13-11-9-7-2/h18,20,24,26,52,54,60,62,67-68,72H,6-17,19,21-23,25,27-51,53,55-59,61,63-66H2,1-5H3,(H-,70,73,74,75)/p+1/b20-18-,26-24-,54-52+,62-60+. The number of phosphoric acid groups is 1. The summed E-state index contributed by atoms with van der Waals surface area (Å²) < 4.78 is 23.8. The molecule has 0 aliphatic carbocycles. The molecule has 0 aromatic heterocycles. The summed E-state index contributed by atoms with van der Waals surface area (Å²) in [5.41, 5.74) is 0. The number of phosphoric ester groups is 1. The van der Waals surface area contributed by atoms with Crippen molar-refractivity contribution in [2.45, 2.75) is 347 Å². The van der Waals surface area contributed by atoms with E-state index in [1.54, 1.807) is 6.08 Å². The quantitative estimate of drug-likeness (QED) is 0.0243. The van der Waals surface area contributed by atoms with Crippen molar-refractivity contribution in [2.24, 2.45) is 0 Å². The SMILES string of the molecule is CCCCCCC/C=C\C/C=C\CCCCCCCCCCCCCCCCCCCC(=O)NC(COP(=O)(O)OCC[N+](C)(C)C)C(O)/C=C/CC/C=C/CCCCCCCCCCCCCCCCCCCCCCC. The highest BCUT2D eigenvalue weighted by molar-refractivity contribution is 7.47. The first kappa shape index (κ1) is 76.5. The van der Waals surface area contributed by atoms with Gasteiger partial charge in [-0.15, -0.1) is 0 Å². The van der Waals surface area contributed by atoms with Crippen molar-refractivity contribution in [1.29, 1.82) is 0 Å². The Morgan fingerprint density at radius 1 is 0.436 bits per heavy atom. The average molecular weight is 1120 g/mol. The van der Waals surface area contributed by atoms with Gasteiger partial charge in [0, 0.05) is 6.42 Å². The number of hydrogen-bond acceptors (Lipinski definition) is 5. The summed E-state index contributed by atoms with van der Waals surface area (Å²) in [6.07, 6.45) is 81.1. The van der Waals surface area contributed by atoms with Gasteiger partial charge < -0.3 is 19.8 Å². The zero-order valence-electron chi connectivity index (χ0n) is 52.7. The number of carbonyl (C=O) groups excluding carboxylic acids is 1. The Morgan fingerprint density at radius 2 is 0.744 bits per heavy atom. The fraction of sp³-hybridized carbons (Fsp3) is 0.870. The molecule has 0 aliphatic heterocycles. The Morgan fingerprint density at radius 3 is 1.10 bits per heavy atom. The molecular weight excluding hydrogens is 984 g/mol. The van der Waals surface area contributed by atoms with E-state index in [0.717, 1.165) is 44.9 Å². The molecule has 3 N–H and O–H groups in total. The number of hydrogen-bond donors (Lipinski definition) is 3. The van der Waals surface area contributed by atoms with Crippen LogP contribution in [0.5, 0.6) is 0 Å². The summed E-state index contributed by atoms with van der Waals surface area (Å²) in [4.78, 5) is 23.4. The predicted molar refractivity (Wildman–Crippen MR) is 341 cm³/mol. The van der Waals surface area contributed by atoms with Gasteiger partial charge in [-0.2, -0.15) is 0 Å². The zero-order chi connectivity index (χ0) is 57.0. The summed E-state index contributed by atoms with van der Waals surface area (Å²) in [6, 6.07) is -0.865. The van der Waals surface area contributed by atoms with E-state index >= 15 is 0 Å². The van der Waals surface area contributed by atoms with Crippen LogP contribution in [0, 0.1) is 0 Å². The van der Waals surface area contributed by atoms with Gasteiger partial charge in [-0.25, -0.2) is 4.57 Å². The minimum atomic E-state index is -4.36. The van der Waals surface area contributed by atoms with Gasteiger partial charge in [0.25, 0.3) is 0 Å². The molecule has 0 spiro atoms. The average Bonchev–Trinajstić information content (AvgIpc) is 3.41. The highest BCUT2D eigenvalue weighted by atomic mass is 31.2. The van der Waals surface area contributed by atoms with E-state index in [1.807, 2.05) is 27.2 Å². The third-order valence-corrected chi connectivity index (χ3v) is 16.5. The number of likely N-dealkylation sites (N-methyl/N-ethyl adjacent to an activating group) is 1. The molecule has 0 rings (SSSR count). The number of allylic oxidation sites excluding steroid dienone is 7. The number of quaternary nitrogens is 1. The molecule has 0 saturated heterocycles. The molecule has 0 aromatic carbocycles. The Labute approximate surface area is 486 Å². The second kappa shape index (κ2) is 60.1. The molecule has 3 unspecified atom stereocenters. The highest BCUT2D eigenvalue weighted by Gasteiger charge is 2.28. The Bertz CT molecular complexity index is 1410. The molecule has 3 atom stereocenters. The van der Waals surface area contributed by atoms with Crippen molar-refractivity contribution >= 4 is 13.7 Å². The van der Waals surface area contributed by atoms with Gasteiger partial charge in [0.15, 0.2) is 0 Å². The van der Waals surface area contributed by atoms with Gasteiger partial charge in [0.1, 0.15) is 13.2 Å². The van der Waals surface area contributed by atoms with Crippen molar-refractivity contribution in [3.05, 3.63) is 48.6 Å². The van der Waals surface area contributed by atoms with E-state index in [4.69, 9.17) is 9.05 Å². The largest absolute Gasteiger partial charge is 0.472 e. The Hall–Kier alpha value is -1.54. The summed E-state index contributed by atoms with van der Waals surface area (Å²) >= 11 is 0. The number of unbranched alkanes of at least 4 members (excludes halogenated alkanes) is 44. The molecule has 0 saturated carbocycles. The van der Waals surface area contributed by atoms with E-state index in [0.29, 0.717) is 17.4 Å². The molecule has 460 valence electrons. The van der Waals surface area contributed by atoms with Crippen LogP contribution in [0.4, 0.5) is 0 Å². The van der Waals surface area contributed by atoms with Crippen LogP contribution in [-0.2, 0) is 18.4 Å². The maximum absolute atomic E-state index is 13.0. The lowest BCUT2D eigenvalue weighted by molar-refractivity contribution is -0.870. The number of rotatable bonds is 63. The van der Waals surface area contributed by atoms with E-state index in [-0.39, 0.29) is 19.1 Å². The van der Waals surface area contributed by atoms with Crippen molar-refractivity contribution in [1.82, 2.24) is 5.32 Å². The maximum atomic E-state index is 13.0. The number of nitrogens with zero attached hydrogens (tertiary/aromatic N) is 1. The molecule has 0 heterocycles. The van der Waals surface area contributed by atoms with Crippen LogP contribution in [0.15, 0.2) is 48.6 Å². The van der Waals surface area contributed by atoms with Crippen LogP contribution >= 0.6 is 7.82 Å². The van der Waals surface area contributed by atoms with Crippen molar-refractivity contribution in [2.75, 3.05) is 40.9 Å². The topological polar surface area (TPSA) is 105 Å². The summed E-state index contributed by atoms with van der Waals surface area (Å²) in [6.45, 7) is 4.83. The minimum Gasteiger partial charge on any atom is -0.387 e. The molecule has 0 fully saturated rings. The van der Waals surface area contributed by atoms with Crippen LogP contribution in [-0.4, -0.2) is 73.4 Å². The molecule has 0 bridgehead atoms. The molecule has 8 nitrogen and oxygen atoms in total. The predicted octanol–water partition coefficient (Wildman–Crippen LogP) is 21.4. The number of aliphatic hydroxyl groups is 1. The lowest BCUT2D eigenvalue weighted by atomic mass is 10.0. The van der Waals surface area contributed by atoms with Gasteiger partial charge in [0.2, 0.25) is 5.91 Å². The van der Waals surface area contributed by atoms with Crippen LogP contribution in [0.25, 0.3) is 0 Å². The Kier molecular flexibility index (Phi) is 58.9. The van der Waals surface area contributed by atoms with Gasteiger partial charge in [-0.3, -0.25) is 13.8 Å². The first-order chi connectivity index (χ1) is 38.0. The van der Waals surface area contributed by atoms with E-state index in [9.17, 15) is 19.4 Å². The van der Waals surface area contributed by atoms with E-state index < -0.39 is 20.0 Å². The van der Waals surface area contributed by atoms with Gasteiger partial charge in [-0.05, 0) is 64.2 Å². The van der Waals surface area contributed by atoms with Gasteiger partial charge in [0.05, 0.1) is 39.9 Å². The second-order valence-corrected chi connectivity index (χ2v) is 26.0. The zero-order valence-corrected chi connectivity index (χ0v) is 53.6. The number of nitrogens with one attached hydrogen (secondary N) is 1. The van der Waals surface area contributed by atoms with Crippen molar-refractivity contribution in [3.63, 3.8) is 0 Å². The van der Waals surface area contributed by atoms with E-state index in [1.165, 1.54) is 270 Å². The van der Waals surface area contributed by atoms with Crippen LogP contribution in [0.1, 0.15) is 335 Å². The van der Waals surface area contributed by atoms with Crippen LogP contribution in [0.3, 0.4) is 0 Å². The van der Waals surface area contributed by atoms with Crippen LogP contribution in [0.2, 0.25) is 0 Å². The molecule has 78 heavy (non-hydrogen) atoms. The van der Waals surface area contributed by atoms with E-state index in [2.05, 4.69) is 55.6 Å². The summed E-state index contributed by atoms with van der Waals surface area (Å²) in [5.74, 6) is -0.182. The third kappa shape index (κ3) is 62.1. The number of carbonyl (C=O) groups is 1. The normalized spacial score (nSPS) is 14.0. The monoisotopic (exact) mass is 1120 g/mol. The fourth-order valence-corrected chi connectivity index (χ4v) is 10.9. The fourth-order valence-electron chi connectivity index (χ4n) is 10.2. The van der Waals surface area contributed by atoms with Crippen molar-refractivity contribution in [3.8, 4) is 0 Å². The maximum Gasteiger partial charge on any atom is 0.472 e. The van der Waals surface area contributed by atoms with Gasteiger partial charge >= 0.3 is 7.82 Å². The third-order valence-electron chi connectivity index (χ3n) is 15.5. The molecular formula is C69H134N2O6P+.